The molecule has 0 radical (unpaired) electrons. The van der Waals surface area contributed by atoms with Crippen LogP contribution in [0.2, 0.25) is 0 Å². The van der Waals surface area contributed by atoms with E-state index in [2.05, 4.69) is 9.78 Å². The Bertz CT molecular complexity index is 240. The normalized spacial score (nSPS) is 8.17. The second-order valence-electron chi connectivity index (χ2n) is 1.86. The van der Waals surface area contributed by atoms with Crippen LogP contribution in [-0.4, -0.2) is 16.2 Å². The van der Waals surface area contributed by atoms with Crippen molar-refractivity contribution in [2.45, 2.75) is 20.3 Å². The summed E-state index contributed by atoms with van der Waals surface area (Å²) < 4.78 is 10.3. The molecule has 67 valence electrons. The van der Waals surface area contributed by atoms with Gasteiger partial charge < -0.3 is 0 Å². The second kappa shape index (κ2) is 5.80. The Kier molecular flexibility index (Phi) is 5.41. The van der Waals surface area contributed by atoms with Crippen molar-refractivity contribution in [1.29, 1.82) is 0 Å². The standard InChI is InChI=1S/C6H8O4.O.V/c1-3-5(7)9-10-6(8)4-2;;/h3H2,1-2H3;;. The van der Waals surface area contributed by atoms with Crippen LogP contribution in [0.4, 0.5) is 0 Å². The molecule has 0 amide bonds. The fourth-order valence-corrected chi connectivity index (χ4v) is 0.415. The van der Waals surface area contributed by atoms with Gasteiger partial charge in [-0.2, -0.15) is 0 Å². The van der Waals surface area contributed by atoms with Crippen molar-refractivity contribution in [1.82, 2.24) is 0 Å². The molecular formula is C6H8O5V. The van der Waals surface area contributed by atoms with Crippen molar-refractivity contribution in [3.63, 3.8) is 0 Å². The van der Waals surface area contributed by atoms with Crippen molar-refractivity contribution in [2.24, 2.45) is 0 Å². The third kappa shape index (κ3) is 4.15. The molecule has 0 fully saturated rings. The van der Waals surface area contributed by atoms with Crippen molar-refractivity contribution in [3.8, 4) is 0 Å². The van der Waals surface area contributed by atoms with Crippen molar-refractivity contribution < 1.29 is 38.8 Å². The second-order valence-corrected chi connectivity index (χ2v) is 3.19. The maximum absolute atomic E-state index is 10.7. The predicted octanol–water partition coefficient (Wildman–Crippen LogP) is 0.0181. The fourth-order valence-electron chi connectivity index (χ4n) is 0.241. The summed E-state index contributed by atoms with van der Waals surface area (Å²) in [6.45, 7) is 2.92. The Hall–Kier alpha value is -0.806. The molecule has 6 heteroatoms. The summed E-state index contributed by atoms with van der Waals surface area (Å²) in [7, 11) is 0. The van der Waals surface area contributed by atoms with Crippen LogP contribution in [0.25, 0.3) is 0 Å². The first-order valence-electron chi connectivity index (χ1n) is 3.20. The molecule has 0 aliphatic rings. The summed E-state index contributed by atoms with van der Waals surface area (Å²) >= 11 is -1.40. The summed E-state index contributed by atoms with van der Waals surface area (Å²) in [5.74, 6) is -1.50. The molecule has 0 spiro atoms. The van der Waals surface area contributed by atoms with Crippen molar-refractivity contribution in [3.05, 3.63) is 0 Å². The molecule has 0 saturated carbocycles. The molecule has 0 aliphatic heterocycles. The molecule has 0 aromatic carbocycles. The van der Waals surface area contributed by atoms with Gasteiger partial charge in [-0.1, -0.05) is 0 Å². The van der Waals surface area contributed by atoms with Crippen LogP contribution in [0.3, 0.4) is 0 Å². The van der Waals surface area contributed by atoms with E-state index in [0.29, 0.717) is 0 Å². The molecule has 0 N–H and O–H groups in total. The number of hydrogen-bond donors (Lipinski definition) is 0. The van der Waals surface area contributed by atoms with E-state index >= 15 is 0 Å². The molecule has 0 heterocycles. The number of hydrogen-bond acceptors (Lipinski definition) is 5. The molecule has 0 bridgehead atoms. The van der Waals surface area contributed by atoms with Gasteiger partial charge in [0, 0.05) is 0 Å². The maximum atomic E-state index is 10.7. The van der Waals surface area contributed by atoms with Gasteiger partial charge in [0.25, 0.3) is 0 Å². The molecule has 0 aliphatic carbocycles. The van der Waals surface area contributed by atoms with Gasteiger partial charge in [-0.3, -0.25) is 0 Å². The van der Waals surface area contributed by atoms with E-state index in [-0.39, 0.29) is 10.6 Å². The van der Waals surface area contributed by atoms with E-state index in [1.54, 1.807) is 6.92 Å². The summed E-state index contributed by atoms with van der Waals surface area (Å²) in [6, 6.07) is 0. The van der Waals surface area contributed by atoms with E-state index in [0.717, 1.165) is 0 Å². The van der Waals surface area contributed by atoms with Gasteiger partial charge in [-0.15, -0.1) is 0 Å². The number of rotatable bonds is 2. The van der Waals surface area contributed by atoms with Crippen LogP contribution < -0.4 is 0 Å². The quantitative estimate of drug-likeness (QED) is 0.475. The van der Waals surface area contributed by atoms with Crippen molar-refractivity contribution >= 4 is 16.2 Å². The minimum absolute atomic E-state index is 0.0650. The molecule has 0 atom stereocenters. The van der Waals surface area contributed by atoms with Gasteiger partial charge in [0.15, 0.2) is 0 Å². The Morgan fingerprint density at radius 3 is 2.33 bits per heavy atom. The van der Waals surface area contributed by atoms with Gasteiger partial charge in [0.1, 0.15) is 0 Å². The number of carbonyl (C=O) groups is 2. The minimum atomic E-state index is -1.40. The first-order valence-corrected chi connectivity index (χ1v) is 4.47. The van der Waals surface area contributed by atoms with E-state index in [4.69, 9.17) is 0 Å². The zero-order valence-electron chi connectivity index (χ0n) is 6.70. The van der Waals surface area contributed by atoms with E-state index in [9.17, 15) is 13.3 Å². The van der Waals surface area contributed by atoms with Gasteiger partial charge in [-0.05, 0) is 0 Å². The molecule has 12 heavy (non-hydrogen) atoms. The van der Waals surface area contributed by atoms with Gasteiger partial charge in [-0.25, -0.2) is 0 Å². The van der Waals surface area contributed by atoms with E-state index < -0.39 is 27.7 Å². The average molecular weight is 211 g/mol. The SMILES string of the molecule is CCC(=O)OOC(=O)[C](C)=[V]=[O]. The zero-order chi connectivity index (χ0) is 9.56. The molecule has 5 nitrogen and oxygen atoms in total. The average Bonchev–Trinajstić information content (AvgIpc) is 2.11. The van der Waals surface area contributed by atoms with Crippen LogP contribution in [0.15, 0.2) is 0 Å². The summed E-state index contributed by atoms with van der Waals surface area (Å²) in [5, 5.41) is 0. The first kappa shape index (κ1) is 11.2. The van der Waals surface area contributed by atoms with Crippen LogP contribution >= 0.6 is 0 Å². The Balaban J connectivity index is 3.88. The monoisotopic (exact) mass is 211 g/mol. The van der Waals surface area contributed by atoms with Crippen LogP contribution in [0, 0.1) is 0 Å². The molecule has 0 aromatic heterocycles. The summed E-state index contributed by atoms with van der Waals surface area (Å²) in [4.78, 5) is 29.2. The Morgan fingerprint density at radius 2 is 1.92 bits per heavy atom. The van der Waals surface area contributed by atoms with E-state index in [1.165, 1.54) is 6.92 Å². The fraction of sp³-hybridized carbons (Fsp3) is 0.500. The molecular weight excluding hydrogens is 203 g/mol. The van der Waals surface area contributed by atoms with Gasteiger partial charge in [0.2, 0.25) is 0 Å². The number of carbonyl (C=O) groups excluding carboxylic acids is 2. The third-order valence-electron chi connectivity index (χ3n) is 0.931. The summed E-state index contributed by atoms with van der Waals surface area (Å²) in [5.41, 5.74) is 0. The Morgan fingerprint density at radius 1 is 1.33 bits per heavy atom. The van der Waals surface area contributed by atoms with Gasteiger partial charge in [0.05, 0.1) is 0 Å². The van der Waals surface area contributed by atoms with Gasteiger partial charge >= 0.3 is 75.3 Å². The van der Waals surface area contributed by atoms with Crippen LogP contribution in [0.5, 0.6) is 0 Å². The Labute approximate surface area is 75.8 Å². The topological polar surface area (TPSA) is 69.7 Å². The summed E-state index contributed by atoms with van der Waals surface area (Å²) in [6.07, 6.45) is 0.122. The predicted molar refractivity (Wildman–Crippen MR) is 33.8 cm³/mol. The third-order valence-corrected chi connectivity index (χ3v) is 1.64. The van der Waals surface area contributed by atoms with Crippen LogP contribution in [0.1, 0.15) is 20.3 Å². The molecule has 0 aromatic rings. The molecule has 0 unspecified atom stereocenters. The zero-order valence-corrected chi connectivity index (χ0v) is 8.09. The molecule has 0 rings (SSSR count). The first-order chi connectivity index (χ1) is 5.61. The molecule has 0 saturated heterocycles. The van der Waals surface area contributed by atoms with E-state index in [1.807, 2.05) is 0 Å². The van der Waals surface area contributed by atoms with Crippen LogP contribution in [-0.2, 0) is 38.8 Å². The van der Waals surface area contributed by atoms with Crippen molar-refractivity contribution in [2.75, 3.05) is 0 Å².